The summed E-state index contributed by atoms with van der Waals surface area (Å²) in [7, 11) is -3.53. The zero-order valence-corrected chi connectivity index (χ0v) is 20.3. The maximum absolute atomic E-state index is 12.5. The summed E-state index contributed by atoms with van der Waals surface area (Å²) in [5, 5.41) is 2.72. The summed E-state index contributed by atoms with van der Waals surface area (Å²) in [4.78, 5) is 12.5. The van der Waals surface area contributed by atoms with Crippen LogP contribution in [0, 0.1) is 0 Å². The van der Waals surface area contributed by atoms with Crippen molar-refractivity contribution >= 4 is 37.5 Å². The van der Waals surface area contributed by atoms with Gasteiger partial charge in [-0.25, -0.2) is 8.42 Å². The van der Waals surface area contributed by atoms with Crippen LogP contribution in [0.15, 0.2) is 82.2 Å². The fourth-order valence-electron chi connectivity index (χ4n) is 3.19. The molecule has 0 saturated carbocycles. The Morgan fingerprint density at radius 2 is 1.59 bits per heavy atom. The van der Waals surface area contributed by atoms with E-state index in [4.69, 9.17) is 4.74 Å². The summed E-state index contributed by atoms with van der Waals surface area (Å²) < 4.78 is 32.9. The van der Waals surface area contributed by atoms with Gasteiger partial charge >= 0.3 is 0 Å². The Bertz CT molecular complexity index is 1160. The molecule has 0 aliphatic carbocycles. The van der Waals surface area contributed by atoms with E-state index < -0.39 is 10.0 Å². The van der Waals surface area contributed by atoms with Crippen molar-refractivity contribution in [2.45, 2.75) is 18.7 Å². The molecule has 3 aromatic carbocycles. The largest absolute Gasteiger partial charge is 0.483 e. The van der Waals surface area contributed by atoms with Crippen LogP contribution in [-0.2, 0) is 14.8 Å². The van der Waals surface area contributed by atoms with Crippen molar-refractivity contribution in [2.75, 3.05) is 25.0 Å². The Balaban J connectivity index is 1.59. The summed E-state index contributed by atoms with van der Waals surface area (Å²) in [6.45, 7) is 4.21. The van der Waals surface area contributed by atoms with Crippen LogP contribution in [0.3, 0.4) is 0 Å². The van der Waals surface area contributed by atoms with Crippen molar-refractivity contribution in [3.05, 3.63) is 77.3 Å². The summed E-state index contributed by atoms with van der Waals surface area (Å²) in [6.07, 6.45) is 0. The van der Waals surface area contributed by atoms with Gasteiger partial charge in [-0.05, 0) is 63.5 Å². The Morgan fingerprint density at radius 1 is 0.938 bits per heavy atom. The fraction of sp³-hybridized carbons (Fsp3) is 0.208. The first kappa shape index (κ1) is 24.0. The van der Waals surface area contributed by atoms with Gasteiger partial charge in [-0.1, -0.05) is 50.2 Å². The molecular weight excluding hydrogens is 492 g/mol. The molecule has 8 heteroatoms. The van der Waals surface area contributed by atoms with Crippen LogP contribution >= 0.6 is 15.9 Å². The Hall–Kier alpha value is -2.68. The highest BCUT2D eigenvalue weighted by atomic mass is 79.9. The van der Waals surface area contributed by atoms with Crippen molar-refractivity contribution in [3.63, 3.8) is 0 Å². The van der Waals surface area contributed by atoms with E-state index >= 15 is 0 Å². The van der Waals surface area contributed by atoms with Gasteiger partial charge in [0, 0.05) is 18.8 Å². The van der Waals surface area contributed by atoms with Crippen molar-refractivity contribution in [2.24, 2.45) is 0 Å². The molecule has 168 valence electrons. The smallest absolute Gasteiger partial charge is 0.262 e. The van der Waals surface area contributed by atoms with Gasteiger partial charge in [0.1, 0.15) is 5.75 Å². The van der Waals surface area contributed by atoms with E-state index in [1.54, 1.807) is 26.0 Å². The monoisotopic (exact) mass is 516 g/mol. The van der Waals surface area contributed by atoms with Crippen LogP contribution in [0.1, 0.15) is 13.8 Å². The van der Waals surface area contributed by atoms with Gasteiger partial charge < -0.3 is 10.1 Å². The SMILES string of the molecule is CCN(CC)S(=O)(=O)c1ccc(NC(=O)COc2ccc(-c3ccccc3)cc2Br)cc1. The van der Waals surface area contributed by atoms with Crippen molar-refractivity contribution in [1.82, 2.24) is 4.31 Å². The molecule has 3 rings (SSSR count). The number of anilines is 1. The Morgan fingerprint density at radius 3 is 2.19 bits per heavy atom. The number of halogens is 1. The molecule has 0 saturated heterocycles. The normalized spacial score (nSPS) is 11.4. The minimum atomic E-state index is -3.53. The second kappa shape index (κ2) is 10.8. The summed E-state index contributed by atoms with van der Waals surface area (Å²) in [5.74, 6) is 0.212. The van der Waals surface area contributed by atoms with E-state index in [1.807, 2.05) is 48.5 Å². The molecule has 32 heavy (non-hydrogen) atoms. The third-order valence-electron chi connectivity index (χ3n) is 4.88. The van der Waals surface area contributed by atoms with Gasteiger partial charge in [-0.15, -0.1) is 0 Å². The van der Waals surface area contributed by atoms with Crippen molar-refractivity contribution in [3.8, 4) is 16.9 Å². The summed E-state index contributed by atoms with van der Waals surface area (Å²) in [6, 6.07) is 21.8. The number of nitrogens with one attached hydrogen (secondary N) is 1. The molecule has 3 aromatic rings. The molecule has 0 aliphatic rings. The summed E-state index contributed by atoms with van der Waals surface area (Å²) >= 11 is 3.49. The number of ether oxygens (including phenoxy) is 1. The second-order valence-corrected chi connectivity index (χ2v) is 9.75. The molecule has 6 nitrogen and oxygen atoms in total. The number of sulfonamides is 1. The van der Waals surface area contributed by atoms with E-state index in [0.29, 0.717) is 24.5 Å². The lowest BCUT2D eigenvalue weighted by Gasteiger charge is -2.18. The van der Waals surface area contributed by atoms with E-state index in [-0.39, 0.29) is 17.4 Å². The highest BCUT2D eigenvalue weighted by Gasteiger charge is 2.21. The highest BCUT2D eigenvalue weighted by Crippen LogP contribution is 2.30. The number of rotatable bonds is 9. The molecule has 0 atom stereocenters. The number of hydrogen-bond donors (Lipinski definition) is 1. The molecular formula is C24H25BrN2O4S. The van der Waals surface area contributed by atoms with Gasteiger partial charge in [-0.2, -0.15) is 4.31 Å². The van der Waals surface area contributed by atoms with Crippen LogP contribution in [0.5, 0.6) is 5.75 Å². The van der Waals surface area contributed by atoms with Gasteiger partial charge in [-0.3, -0.25) is 4.79 Å². The highest BCUT2D eigenvalue weighted by molar-refractivity contribution is 9.10. The molecule has 0 fully saturated rings. The van der Waals surface area contributed by atoms with Crippen LogP contribution in [0.4, 0.5) is 5.69 Å². The van der Waals surface area contributed by atoms with Crippen molar-refractivity contribution < 1.29 is 17.9 Å². The molecule has 0 aromatic heterocycles. The quantitative estimate of drug-likeness (QED) is 0.425. The fourth-order valence-corrected chi connectivity index (χ4v) is 5.14. The van der Waals surface area contributed by atoms with Crippen LogP contribution in [0.25, 0.3) is 11.1 Å². The predicted octanol–water partition coefficient (Wildman–Crippen LogP) is 5.16. The van der Waals surface area contributed by atoms with E-state index in [2.05, 4.69) is 21.2 Å². The molecule has 0 radical (unpaired) electrons. The molecule has 1 amide bonds. The Kier molecular flexibility index (Phi) is 8.06. The number of nitrogens with zero attached hydrogens (tertiary/aromatic N) is 1. The standard InChI is InChI=1S/C24H25BrN2O4S/c1-3-27(4-2)32(29,30)21-13-11-20(12-14-21)26-24(28)17-31-23-15-10-19(16-22(23)25)18-8-6-5-7-9-18/h5-16H,3-4,17H2,1-2H3,(H,26,28). The average molecular weight is 517 g/mol. The number of amides is 1. The topological polar surface area (TPSA) is 75.7 Å². The lowest BCUT2D eigenvalue weighted by Crippen LogP contribution is -2.30. The first-order valence-electron chi connectivity index (χ1n) is 10.2. The van der Waals surface area contributed by atoms with Crippen LogP contribution < -0.4 is 10.1 Å². The molecule has 0 unspecified atom stereocenters. The molecule has 0 spiro atoms. The number of hydrogen-bond acceptors (Lipinski definition) is 4. The molecule has 1 N–H and O–H groups in total. The van der Waals surface area contributed by atoms with E-state index in [1.165, 1.54) is 16.4 Å². The van der Waals surface area contributed by atoms with E-state index in [0.717, 1.165) is 15.6 Å². The van der Waals surface area contributed by atoms with Gasteiger partial charge in [0.25, 0.3) is 5.91 Å². The first-order chi connectivity index (χ1) is 15.3. The molecule has 0 bridgehead atoms. The minimum Gasteiger partial charge on any atom is -0.483 e. The van der Waals surface area contributed by atoms with Crippen LogP contribution in [-0.4, -0.2) is 38.3 Å². The number of benzene rings is 3. The number of carbonyl (C=O) groups excluding carboxylic acids is 1. The minimum absolute atomic E-state index is 0.178. The zero-order valence-electron chi connectivity index (χ0n) is 17.9. The lowest BCUT2D eigenvalue weighted by atomic mass is 10.1. The van der Waals surface area contributed by atoms with Crippen LogP contribution in [0.2, 0.25) is 0 Å². The lowest BCUT2D eigenvalue weighted by molar-refractivity contribution is -0.118. The number of carbonyl (C=O) groups is 1. The summed E-state index contributed by atoms with van der Waals surface area (Å²) in [5.41, 5.74) is 2.62. The second-order valence-electron chi connectivity index (χ2n) is 6.96. The maximum atomic E-state index is 12.5. The van der Waals surface area contributed by atoms with Gasteiger partial charge in [0.05, 0.1) is 9.37 Å². The average Bonchev–Trinajstić information content (AvgIpc) is 2.80. The van der Waals surface area contributed by atoms with Gasteiger partial charge in [0.15, 0.2) is 6.61 Å². The zero-order chi connectivity index (χ0) is 23.1. The maximum Gasteiger partial charge on any atom is 0.262 e. The molecule has 0 heterocycles. The van der Waals surface area contributed by atoms with Gasteiger partial charge in [0.2, 0.25) is 10.0 Å². The Labute approximate surface area is 197 Å². The first-order valence-corrected chi connectivity index (χ1v) is 12.5. The third kappa shape index (κ3) is 5.76. The molecule has 0 aliphatic heterocycles. The van der Waals surface area contributed by atoms with E-state index in [9.17, 15) is 13.2 Å². The third-order valence-corrected chi connectivity index (χ3v) is 7.56. The van der Waals surface area contributed by atoms with Crippen molar-refractivity contribution in [1.29, 1.82) is 0 Å². The predicted molar refractivity (Wildman–Crippen MR) is 130 cm³/mol.